The van der Waals surface area contributed by atoms with Crippen LogP contribution >= 0.6 is 11.6 Å². The van der Waals surface area contributed by atoms with Crippen LogP contribution in [0.4, 0.5) is 0 Å². The van der Waals surface area contributed by atoms with Crippen LogP contribution in [0.3, 0.4) is 0 Å². The molecule has 0 radical (unpaired) electrons. The number of nitrogens with zero attached hydrogens (tertiary/aromatic N) is 2. The number of alkyl halides is 1. The summed E-state index contributed by atoms with van der Waals surface area (Å²) < 4.78 is 1.75. The van der Waals surface area contributed by atoms with Crippen LogP contribution < -0.4 is 0 Å². The van der Waals surface area contributed by atoms with Gasteiger partial charge in [0, 0.05) is 24.0 Å². The average molecular weight is 283 g/mol. The standard InChI is InChI=1S/C13H15ClN2O3/c1-7-4-9(11(17)6-14)8(2)16(7)10-5-12(18)15(3)13(10)19/h4,10H,5-6H2,1-3H3. The Morgan fingerprint density at radius 1 is 1.42 bits per heavy atom. The zero-order valence-corrected chi connectivity index (χ0v) is 11.8. The predicted molar refractivity (Wildman–Crippen MR) is 70.4 cm³/mol. The second kappa shape index (κ2) is 4.81. The summed E-state index contributed by atoms with van der Waals surface area (Å²) >= 11 is 5.57. The molecule has 1 fully saturated rings. The number of aryl methyl sites for hydroxylation is 1. The molecule has 2 rings (SSSR count). The van der Waals surface area contributed by atoms with E-state index in [4.69, 9.17) is 11.6 Å². The van der Waals surface area contributed by atoms with Gasteiger partial charge in [-0.05, 0) is 19.9 Å². The van der Waals surface area contributed by atoms with Crippen molar-refractivity contribution in [3.05, 3.63) is 23.0 Å². The minimum absolute atomic E-state index is 0.0955. The maximum Gasteiger partial charge on any atom is 0.252 e. The van der Waals surface area contributed by atoms with Gasteiger partial charge in [0.15, 0.2) is 5.78 Å². The van der Waals surface area contributed by atoms with Crippen LogP contribution in [-0.4, -0.2) is 40.0 Å². The van der Waals surface area contributed by atoms with Crippen LogP contribution in [0.15, 0.2) is 6.07 Å². The van der Waals surface area contributed by atoms with Crippen LogP contribution in [0.25, 0.3) is 0 Å². The van der Waals surface area contributed by atoms with Crippen molar-refractivity contribution < 1.29 is 14.4 Å². The number of carbonyl (C=O) groups excluding carboxylic acids is 3. The largest absolute Gasteiger partial charge is 0.336 e. The number of imide groups is 1. The van der Waals surface area contributed by atoms with E-state index >= 15 is 0 Å². The molecule has 2 amide bonds. The van der Waals surface area contributed by atoms with Gasteiger partial charge in [0.25, 0.3) is 5.91 Å². The zero-order valence-electron chi connectivity index (χ0n) is 11.1. The number of aromatic nitrogens is 1. The maximum atomic E-state index is 12.0. The highest BCUT2D eigenvalue weighted by molar-refractivity contribution is 6.30. The van der Waals surface area contributed by atoms with Gasteiger partial charge in [-0.15, -0.1) is 11.6 Å². The summed E-state index contributed by atoms with van der Waals surface area (Å²) in [4.78, 5) is 36.5. The van der Waals surface area contributed by atoms with E-state index in [1.54, 1.807) is 17.6 Å². The molecule has 0 N–H and O–H groups in total. The summed E-state index contributed by atoms with van der Waals surface area (Å²) in [6.07, 6.45) is 0.139. The molecule has 1 aliphatic rings. The maximum absolute atomic E-state index is 12.0. The Kier molecular flexibility index (Phi) is 3.49. The van der Waals surface area contributed by atoms with Crippen molar-refractivity contribution >= 4 is 29.2 Å². The lowest BCUT2D eigenvalue weighted by atomic mass is 10.1. The highest BCUT2D eigenvalue weighted by atomic mass is 35.5. The van der Waals surface area contributed by atoms with E-state index in [0.717, 1.165) is 10.6 Å². The first-order valence-electron chi connectivity index (χ1n) is 5.96. The van der Waals surface area contributed by atoms with Crippen molar-refractivity contribution in [2.45, 2.75) is 26.3 Å². The molecule has 0 saturated carbocycles. The number of likely N-dealkylation sites (tertiary alicyclic amines) is 1. The highest BCUT2D eigenvalue weighted by Crippen LogP contribution is 2.29. The fourth-order valence-electron chi connectivity index (χ4n) is 2.55. The number of ketones is 1. The third-order valence-corrected chi connectivity index (χ3v) is 3.82. The summed E-state index contributed by atoms with van der Waals surface area (Å²) in [6.45, 7) is 3.58. The second-order valence-electron chi connectivity index (χ2n) is 4.72. The van der Waals surface area contributed by atoms with Crippen molar-refractivity contribution in [3.8, 4) is 0 Å². The highest BCUT2D eigenvalue weighted by Gasteiger charge is 2.38. The fourth-order valence-corrected chi connectivity index (χ4v) is 2.69. The van der Waals surface area contributed by atoms with Crippen molar-refractivity contribution in [2.24, 2.45) is 0 Å². The van der Waals surface area contributed by atoms with E-state index in [-0.39, 0.29) is 29.9 Å². The van der Waals surface area contributed by atoms with Gasteiger partial charge in [0.2, 0.25) is 5.91 Å². The molecule has 1 saturated heterocycles. The molecular formula is C13H15ClN2O3. The van der Waals surface area contributed by atoms with Gasteiger partial charge in [0.1, 0.15) is 6.04 Å². The van der Waals surface area contributed by atoms with Crippen molar-refractivity contribution in [1.82, 2.24) is 9.47 Å². The molecule has 1 atom stereocenters. The van der Waals surface area contributed by atoms with Crippen molar-refractivity contribution in [2.75, 3.05) is 12.9 Å². The Bertz CT molecular complexity index is 577. The summed E-state index contributed by atoms with van der Waals surface area (Å²) in [5.41, 5.74) is 1.99. The number of Topliss-reactive ketones (excluding diaryl/α,β-unsaturated/α-hetero) is 1. The Morgan fingerprint density at radius 3 is 2.53 bits per heavy atom. The number of halogens is 1. The van der Waals surface area contributed by atoms with Crippen LogP contribution in [0, 0.1) is 13.8 Å². The quantitative estimate of drug-likeness (QED) is 0.479. The Labute approximate surface area is 116 Å². The molecular weight excluding hydrogens is 268 g/mol. The van der Waals surface area contributed by atoms with Gasteiger partial charge in [-0.3, -0.25) is 19.3 Å². The molecule has 19 heavy (non-hydrogen) atoms. The summed E-state index contributed by atoms with van der Waals surface area (Å²) in [6, 6.07) is 1.17. The average Bonchev–Trinajstić information content (AvgIpc) is 2.80. The van der Waals surface area contributed by atoms with Gasteiger partial charge in [-0.2, -0.15) is 0 Å². The second-order valence-corrected chi connectivity index (χ2v) is 4.99. The number of likely N-dealkylation sites (N-methyl/N-ethyl adjacent to an activating group) is 1. The minimum Gasteiger partial charge on any atom is -0.336 e. The van der Waals surface area contributed by atoms with Gasteiger partial charge >= 0.3 is 0 Å². The first-order valence-corrected chi connectivity index (χ1v) is 6.50. The van der Waals surface area contributed by atoms with Crippen LogP contribution in [0.5, 0.6) is 0 Å². The topological polar surface area (TPSA) is 59.4 Å². The van der Waals surface area contributed by atoms with E-state index < -0.39 is 6.04 Å². The molecule has 1 aromatic heterocycles. The van der Waals surface area contributed by atoms with Gasteiger partial charge in [-0.1, -0.05) is 0 Å². The Hall–Kier alpha value is -1.62. The third-order valence-electron chi connectivity index (χ3n) is 3.58. The summed E-state index contributed by atoms with van der Waals surface area (Å²) in [5.74, 6) is -0.711. The van der Waals surface area contributed by atoms with Gasteiger partial charge in [0.05, 0.1) is 12.3 Å². The number of carbonyl (C=O) groups is 3. The summed E-state index contributed by atoms with van der Waals surface area (Å²) in [7, 11) is 1.48. The van der Waals surface area contributed by atoms with Gasteiger partial charge < -0.3 is 4.57 Å². The molecule has 0 aliphatic carbocycles. The lowest BCUT2D eigenvalue weighted by Crippen LogP contribution is -2.27. The molecule has 0 spiro atoms. The molecule has 1 unspecified atom stereocenters. The van der Waals surface area contributed by atoms with Crippen LogP contribution in [0.2, 0.25) is 0 Å². The summed E-state index contributed by atoms with van der Waals surface area (Å²) in [5, 5.41) is 0. The van der Waals surface area contributed by atoms with Gasteiger partial charge in [-0.25, -0.2) is 0 Å². The first kappa shape index (κ1) is 13.8. The lowest BCUT2D eigenvalue weighted by molar-refractivity contribution is -0.137. The molecule has 2 heterocycles. The molecule has 1 aliphatic heterocycles. The van der Waals surface area contributed by atoms with E-state index in [9.17, 15) is 14.4 Å². The van der Waals surface area contributed by atoms with Crippen LogP contribution in [0.1, 0.15) is 34.2 Å². The molecule has 0 bridgehead atoms. The SMILES string of the molecule is Cc1cc(C(=O)CCl)c(C)n1C1CC(=O)N(C)C1=O. The van der Waals surface area contributed by atoms with Crippen LogP contribution in [-0.2, 0) is 9.59 Å². The number of hydrogen-bond acceptors (Lipinski definition) is 3. The molecule has 6 heteroatoms. The number of amides is 2. The van der Waals surface area contributed by atoms with E-state index in [2.05, 4.69) is 0 Å². The molecule has 0 aromatic carbocycles. The molecule has 102 valence electrons. The third kappa shape index (κ3) is 2.08. The predicted octanol–water partition coefficient (Wildman–Crippen LogP) is 1.46. The lowest BCUT2D eigenvalue weighted by Gasteiger charge is -2.15. The first-order chi connectivity index (χ1) is 8.88. The number of rotatable bonds is 3. The normalized spacial score (nSPS) is 19.4. The smallest absolute Gasteiger partial charge is 0.252 e. The fraction of sp³-hybridized carbons (Fsp3) is 0.462. The Balaban J connectivity index is 2.47. The zero-order chi connectivity index (χ0) is 14.3. The molecule has 5 nitrogen and oxygen atoms in total. The van der Waals surface area contributed by atoms with Crippen molar-refractivity contribution in [3.63, 3.8) is 0 Å². The number of hydrogen-bond donors (Lipinski definition) is 0. The van der Waals surface area contributed by atoms with E-state index in [1.807, 2.05) is 6.92 Å². The van der Waals surface area contributed by atoms with E-state index in [0.29, 0.717) is 11.3 Å². The monoisotopic (exact) mass is 282 g/mol. The van der Waals surface area contributed by atoms with E-state index in [1.165, 1.54) is 7.05 Å². The van der Waals surface area contributed by atoms with Crippen molar-refractivity contribution in [1.29, 1.82) is 0 Å². The Morgan fingerprint density at radius 2 is 2.05 bits per heavy atom. The minimum atomic E-state index is -0.547. The molecule has 1 aromatic rings.